The quantitative estimate of drug-likeness (QED) is 0.864. The Kier molecular flexibility index (Phi) is 2.96. The van der Waals surface area contributed by atoms with E-state index in [4.69, 9.17) is 5.11 Å². The van der Waals surface area contributed by atoms with E-state index in [1.54, 1.807) is 23.3 Å². The van der Waals surface area contributed by atoms with Crippen molar-refractivity contribution in [3.8, 4) is 0 Å². The zero-order valence-corrected chi connectivity index (χ0v) is 9.74. The Labute approximate surface area is 97.5 Å². The second-order valence-electron chi connectivity index (χ2n) is 4.06. The number of carboxylic acid groups (broad SMARTS) is 1. The molecule has 4 nitrogen and oxygen atoms in total. The minimum absolute atomic E-state index is 0.0548. The first-order valence-corrected chi connectivity index (χ1v) is 5.97. The molecule has 1 aromatic rings. The van der Waals surface area contributed by atoms with E-state index in [2.05, 4.69) is 0 Å². The first kappa shape index (κ1) is 11.1. The second-order valence-corrected chi connectivity index (χ2v) is 5.09. The number of carboxylic acids is 1. The van der Waals surface area contributed by atoms with Crippen LogP contribution in [0.1, 0.15) is 11.3 Å². The van der Waals surface area contributed by atoms with Gasteiger partial charge in [0.15, 0.2) is 0 Å². The molecule has 1 saturated carbocycles. The summed E-state index contributed by atoms with van der Waals surface area (Å²) in [7, 11) is 1.72. The van der Waals surface area contributed by atoms with Crippen molar-refractivity contribution in [3.05, 3.63) is 22.4 Å². The van der Waals surface area contributed by atoms with Gasteiger partial charge in [-0.1, -0.05) is 6.07 Å². The van der Waals surface area contributed by atoms with Crippen molar-refractivity contribution in [2.45, 2.75) is 13.0 Å². The third kappa shape index (κ3) is 2.24. The van der Waals surface area contributed by atoms with Crippen LogP contribution in [0.4, 0.5) is 0 Å². The van der Waals surface area contributed by atoms with E-state index in [0.29, 0.717) is 13.0 Å². The van der Waals surface area contributed by atoms with Crippen LogP contribution in [0.15, 0.2) is 17.5 Å². The van der Waals surface area contributed by atoms with E-state index >= 15 is 0 Å². The molecule has 0 radical (unpaired) electrons. The molecule has 1 aliphatic rings. The SMILES string of the molecule is CN(Cc1cccs1)C(=O)[C@@H]1C[C@@H]1C(=O)O. The standard InChI is InChI=1S/C11H13NO3S/c1-12(6-7-3-2-4-16-7)10(13)8-5-9(8)11(14)15/h2-4,8-9H,5-6H2,1H3,(H,14,15)/t8-,9+/m1/s1. The lowest BCUT2D eigenvalue weighted by Gasteiger charge is -2.15. The molecule has 1 amide bonds. The van der Waals surface area contributed by atoms with Crippen LogP contribution in [0.3, 0.4) is 0 Å². The minimum atomic E-state index is -0.858. The fraction of sp³-hybridized carbons (Fsp3) is 0.455. The summed E-state index contributed by atoms with van der Waals surface area (Å²) in [6.07, 6.45) is 0.489. The molecule has 1 N–H and O–H groups in total. The van der Waals surface area contributed by atoms with Crippen LogP contribution >= 0.6 is 11.3 Å². The molecule has 0 aliphatic heterocycles. The second kappa shape index (κ2) is 4.25. The van der Waals surface area contributed by atoms with E-state index in [1.165, 1.54) is 0 Å². The number of carbonyl (C=O) groups excluding carboxylic acids is 1. The van der Waals surface area contributed by atoms with Crippen molar-refractivity contribution < 1.29 is 14.7 Å². The number of nitrogens with zero attached hydrogens (tertiary/aromatic N) is 1. The van der Waals surface area contributed by atoms with Crippen molar-refractivity contribution in [2.75, 3.05) is 7.05 Å². The zero-order chi connectivity index (χ0) is 11.7. The van der Waals surface area contributed by atoms with Crippen molar-refractivity contribution in [3.63, 3.8) is 0 Å². The lowest BCUT2D eigenvalue weighted by molar-refractivity contribution is -0.141. The third-order valence-corrected chi connectivity index (χ3v) is 3.64. The molecule has 86 valence electrons. The van der Waals surface area contributed by atoms with Crippen LogP contribution in [0.5, 0.6) is 0 Å². The Morgan fingerprint density at radius 1 is 1.56 bits per heavy atom. The molecule has 16 heavy (non-hydrogen) atoms. The largest absolute Gasteiger partial charge is 0.481 e. The maximum absolute atomic E-state index is 11.8. The van der Waals surface area contributed by atoms with Gasteiger partial charge in [0, 0.05) is 11.9 Å². The van der Waals surface area contributed by atoms with Crippen LogP contribution in [0.2, 0.25) is 0 Å². The summed E-state index contributed by atoms with van der Waals surface area (Å²) in [5, 5.41) is 10.7. The van der Waals surface area contributed by atoms with Gasteiger partial charge in [0.25, 0.3) is 0 Å². The Morgan fingerprint density at radius 3 is 2.81 bits per heavy atom. The van der Waals surface area contributed by atoms with Gasteiger partial charge < -0.3 is 10.0 Å². The topological polar surface area (TPSA) is 57.6 Å². The van der Waals surface area contributed by atoms with Crippen LogP contribution in [-0.4, -0.2) is 28.9 Å². The van der Waals surface area contributed by atoms with E-state index in [-0.39, 0.29) is 11.8 Å². The number of rotatable bonds is 4. The lowest BCUT2D eigenvalue weighted by Crippen LogP contribution is -2.28. The van der Waals surface area contributed by atoms with Crippen molar-refractivity contribution >= 4 is 23.2 Å². The number of hydrogen-bond donors (Lipinski definition) is 1. The van der Waals surface area contributed by atoms with Gasteiger partial charge in [0.2, 0.25) is 5.91 Å². The summed E-state index contributed by atoms with van der Waals surface area (Å²) < 4.78 is 0. The maximum Gasteiger partial charge on any atom is 0.307 e. The predicted octanol–water partition coefficient (Wildman–Crippen LogP) is 1.43. The number of amides is 1. The van der Waals surface area contributed by atoms with Gasteiger partial charge in [-0.3, -0.25) is 9.59 Å². The maximum atomic E-state index is 11.8. The first-order chi connectivity index (χ1) is 7.59. The van der Waals surface area contributed by atoms with Gasteiger partial charge in [0.05, 0.1) is 18.4 Å². The average molecular weight is 239 g/mol. The summed E-state index contributed by atoms with van der Waals surface area (Å²) in [6.45, 7) is 0.569. The minimum Gasteiger partial charge on any atom is -0.481 e. The van der Waals surface area contributed by atoms with Crippen molar-refractivity contribution in [1.29, 1.82) is 0 Å². The molecule has 2 atom stereocenters. The number of carbonyl (C=O) groups is 2. The molecule has 0 bridgehead atoms. The monoisotopic (exact) mass is 239 g/mol. The van der Waals surface area contributed by atoms with Gasteiger partial charge in [-0.25, -0.2) is 0 Å². The summed E-state index contributed by atoms with van der Waals surface area (Å²) in [6, 6.07) is 3.91. The average Bonchev–Trinajstić information content (AvgIpc) is 2.89. The van der Waals surface area contributed by atoms with Gasteiger partial charge in [-0.05, 0) is 17.9 Å². The van der Waals surface area contributed by atoms with Gasteiger partial charge >= 0.3 is 5.97 Å². The molecular formula is C11H13NO3S. The summed E-state index contributed by atoms with van der Waals surface area (Å²) in [5.41, 5.74) is 0. The Hall–Kier alpha value is -1.36. The Bertz CT molecular complexity index is 401. The smallest absolute Gasteiger partial charge is 0.307 e. The normalized spacial score (nSPS) is 22.8. The third-order valence-electron chi connectivity index (χ3n) is 2.77. The Morgan fingerprint density at radius 2 is 2.31 bits per heavy atom. The molecule has 1 heterocycles. The van der Waals surface area contributed by atoms with Crippen LogP contribution in [0.25, 0.3) is 0 Å². The highest BCUT2D eigenvalue weighted by atomic mass is 32.1. The molecule has 1 aromatic heterocycles. The molecule has 2 rings (SSSR count). The molecule has 1 fully saturated rings. The first-order valence-electron chi connectivity index (χ1n) is 5.09. The van der Waals surface area contributed by atoms with Crippen LogP contribution in [0, 0.1) is 11.8 Å². The highest BCUT2D eigenvalue weighted by Crippen LogP contribution is 2.40. The Balaban J connectivity index is 1.89. The molecule has 0 saturated heterocycles. The molecule has 5 heteroatoms. The summed E-state index contributed by atoms with van der Waals surface area (Å²) >= 11 is 1.60. The van der Waals surface area contributed by atoms with E-state index in [9.17, 15) is 9.59 Å². The fourth-order valence-corrected chi connectivity index (χ4v) is 2.50. The fourth-order valence-electron chi connectivity index (χ4n) is 1.74. The van der Waals surface area contributed by atoms with Gasteiger partial charge in [0.1, 0.15) is 0 Å². The van der Waals surface area contributed by atoms with Crippen molar-refractivity contribution in [2.24, 2.45) is 11.8 Å². The molecular weight excluding hydrogens is 226 g/mol. The molecule has 0 unspecified atom stereocenters. The number of hydrogen-bond acceptors (Lipinski definition) is 3. The lowest BCUT2D eigenvalue weighted by atomic mass is 10.3. The van der Waals surface area contributed by atoms with E-state index in [0.717, 1.165) is 4.88 Å². The number of aliphatic carboxylic acids is 1. The summed E-state index contributed by atoms with van der Waals surface area (Å²) in [5.74, 6) is -1.68. The zero-order valence-electron chi connectivity index (χ0n) is 8.92. The van der Waals surface area contributed by atoms with E-state index in [1.807, 2.05) is 17.5 Å². The van der Waals surface area contributed by atoms with Crippen LogP contribution in [-0.2, 0) is 16.1 Å². The highest BCUT2D eigenvalue weighted by molar-refractivity contribution is 7.09. The number of thiophene rings is 1. The molecule has 1 aliphatic carbocycles. The highest BCUT2D eigenvalue weighted by Gasteiger charge is 2.49. The van der Waals surface area contributed by atoms with Crippen LogP contribution < -0.4 is 0 Å². The predicted molar refractivity (Wildman–Crippen MR) is 60.0 cm³/mol. The van der Waals surface area contributed by atoms with E-state index < -0.39 is 11.9 Å². The summed E-state index contributed by atoms with van der Waals surface area (Å²) in [4.78, 5) is 25.2. The molecule has 0 spiro atoms. The van der Waals surface area contributed by atoms with Gasteiger partial charge in [-0.15, -0.1) is 11.3 Å². The van der Waals surface area contributed by atoms with Crippen molar-refractivity contribution in [1.82, 2.24) is 4.90 Å². The molecule has 0 aromatic carbocycles. The van der Waals surface area contributed by atoms with Gasteiger partial charge in [-0.2, -0.15) is 0 Å².